The highest BCUT2D eigenvalue weighted by atomic mass is 32.2. The average molecular weight is 467 g/mol. The summed E-state index contributed by atoms with van der Waals surface area (Å²) in [6.07, 6.45) is 4.31. The lowest BCUT2D eigenvalue weighted by molar-refractivity contribution is -0.114. The fourth-order valence-corrected chi connectivity index (χ4v) is 3.70. The molecule has 4 rings (SSSR count). The van der Waals surface area contributed by atoms with Gasteiger partial charge in [-0.25, -0.2) is 33.1 Å². The first-order valence-corrected chi connectivity index (χ1v) is 11.0. The summed E-state index contributed by atoms with van der Waals surface area (Å²) in [6, 6.07) is 7.61. The Balaban J connectivity index is 1.45. The van der Waals surface area contributed by atoms with Crippen molar-refractivity contribution in [3.63, 3.8) is 0 Å². The number of amides is 1. The summed E-state index contributed by atoms with van der Waals surface area (Å²) in [5.74, 6) is -0.416. The van der Waals surface area contributed by atoms with E-state index in [9.17, 15) is 18.0 Å². The summed E-state index contributed by atoms with van der Waals surface area (Å²) in [5.41, 5.74) is 0.666. The largest absolute Gasteiger partial charge is 0.379 e. The van der Waals surface area contributed by atoms with E-state index in [4.69, 9.17) is 0 Å². The number of hydrogen-bond acceptors (Lipinski definition) is 10. The lowest BCUT2D eigenvalue weighted by atomic mass is 10.3. The number of rotatable bonds is 7. The number of benzene rings is 1. The van der Waals surface area contributed by atoms with Crippen LogP contribution >= 0.6 is 0 Å². The minimum atomic E-state index is -3.83. The first kappa shape index (κ1) is 21.8. The highest BCUT2D eigenvalue weighted by Crippen LogP contribution is 2.17. The number of aromatic amines is 1. The normalized spacial score (nSPS) is 11.2. The van der Waals surface area contributed by atoms with Crippen LogP contribution in [0, 0.1) is 0 Å². The van der Waals surface area contributed by atoms with Crippen LogP contribution in [0.15, 0.2) is 58.6 Å². The molecule has 168 valence electrons. The number of nitrogens with zero attached hydrogens (tertiary/aromatic N) is 5. The molecule has 0 aliphatic carbocycles. The molecule has 0 fully saturated rings. The predicted octanol–water partition coefficient (Wildman–Crippen LogP) is 0.874. The van der Waals surface area contributed by atoms with E-state index in [0.717, 1.165) is 0 Å². The van der Waals surface area contributed by atoms with Gasteiger partial charge in [-0.15, -0.1) is 0 Å². The minimum absolute atomic E-state index is 0.0106. The van der Waals surface area contributed by atoms with Gasteiger partial charge in [0, 0.05) is 25.0 Å². The topological polar surface area (TPSA) is 185 Å². The van der Waals surface area contributed by atoms with Crippen LogP contribution in [-0.4, -0.2) is 44.2 Å². The molecular weight excluding hydrogens is 450 g/mol. The zero-order chi connectivity index (χ0) is 23.4. The van der Waals surface area contributed by atoms with Crippen molar-refractivity contribution in [2.24, 2.45) is 0 Å². The minimum Gasteiger partial charge on any atom is -0.379 e. The molecule has 4 N–H and O–H groups in total. The van der Waals surface area contributed by atoms with Crippen LogP contribution in [0.2, 0.25) is 0 Å². The van der Waals surface area contributed by atoms with Gasteiger partial charge in [-0.05, 0) is 30.3 Å². The number of carbonyl (C=O) groups excluding carboxylic acids is 1. The van der Waals surface area contributed by atoms with Gasteiger partial charge >= 0.3 is 0 Å². The summed E-state index contributed by atoms with van der Waals surface area (Å²) < 4.78 is 27.2. The molecule has 0 unspecified atom stereocenters. The smallest absolute Gasteiger partial charge is 0.280 e. The fraction of sp³-hybridized carbons (Fsp3) is 0.105. The van der Waals surface area contributed by atoms with Crippen LogP contribution in [0.25, 0.3) is 11.2 Å². The van der Waals surface area contributed by atoms with E-state index in [2.05, 4.69) is 45.3 Å². The van der Waals surface area contributed by atoms with Crippen molar-refractivity contribution in [2.45, 2.75) is 18.4 Å². The van der Waals surface area contributed by atoms with Crippen molar-refractivity contribution < 1.29 is 13.2 Å². The SMILES string of the molecule is CC(=O)Nc1nc2ncc(CNc3ccc(S(=O)(=O)Nc4ncccn4)cc3)nc2c(=O)[nH]1. The van der Waals surface area contributed by atoms with Crippen LogP contribution in [-0.2, 0) is 21.4 Å². The maximum absolute atomic E-state index is 12.4. The second-order valence-electron chi connectivity index (χ2n) is 6.69. The number of H-pyrrole nitrogens is 1. The number of nitrogens with one attached hydrogen (secondary N) is 4. The Morgan fingerprint density at radius 3 is 2.48 bits per heavy atom. The van der Waals surface area contributed by atoms with E-state index in [-0.39, 0.29) is 40.4 Å². The summed E-state index contributed by atoms with van der Waals surface area (Å²) in [4.78, 5) is 45.9. The second kappa shape index (κ2) is 8.96. The zero-order valence-corrected chi connectivity index (χ0v) is 17.9. The van der Waals surface area contributed by atoms with Gasteiger partial charge in [0.05, 0.1) is 23.3 Å². The van der Waals surface area contributed by atoms with Gasteiger partial charge in [-0.3, -0.25) is 19.9 Å². The number of anilines is 3. The standard InChI is InChI=1S/C19H17N9O4S/c1-11(29)24-19-26-16-15(17(30)27-19)25-13(10-23-16)9-22-12-3-5-14(6-4-12)33(31,32)28-18-20-7-2-8-21-18/h2-8,10,22H,9H2,1H3,(H,20,21,28)(H2,23,24,26,27,29,30). The van der Waals surface area contributed by atoms with Gasteiger partial charge in [-0.1, -0.05) is 0 Å². The third kappa shape index (κ3) is 5.24. The van der Waals surface area contributed by atoms with Crippen molar-refractivity contribution in [1.29, 1.82) is 0 Å². The molecule has 1 amide bonds. The van der Waals surface area contributed by atoms with Crippen LogP contribution in [0.1, 0.15) is 12.6 Å². The Bertz CT molecular complexity index is 1470. The molecule has 14 heteroatoms. The van der Waals surface area contributed by atoms with Gasteiger partial charge in [0.15, 0.2) is 11.2 Å². The summed E-state index contributed by atoms with van der Waals surface area (Å²) in [6.45, 7) is 1.51. The Morgan fingerprint density at radius 1 is 1.06 bits per heavy atom. The Labute approximate surface area is 186 Å². The molecule has 0 atom stereocenters. The molecule has 1 aromatic carbocycles. The van der Waals surface area contributed by atoms with E-state index in [1.54, 1.807) is 18.2 Å². The van der Waals surface area contributed by atoms with Crippen molar-refractivity contribution in [3.05, 3.63) is 65.0 Å². The number of aromatic nitrogens is 6. The van der Waals surface area contributed by atoms with Crippen molar-refractivity contribution in [1.82, 2.24) is 29.9 Å². The molecule has 0 aliphatic rings. The molecule has 4 aromatic rings. The molecule has 3 aromatic heterocycles. The number of carbonyl (C=O) groups is 1. The molecule has 0 aliphatic heterocycles. The quantitative estimate of drug-likeness (QED) is 0.304. The number of sulfonamides is 1. The van der Waals surface area contributed by atoms with Gasteiger partial charge in [-0.2, -0.15) is 4.98 Å². The third-order valence-corrected chi connectivity index (χ3v) is 5.54. The highest BCUT2D eigenvalue weighted by Gasteiger charge is 2.15. The number of hydrogen-bond donors (Lipinski definition) is 4. The molecule has 0 radical (unpaired) electrons. The van der Waals surface area contributed by atoms with E-state index in [1.807, 2.05) is 0 Å². The zero-order valence-electron chi connectivity index (χ0n) is 17.1. The van der Waals surface area contributed by atoms with E-state index >= 15 is 0 Å². The van der Waals surface area contributed by atoms with Gasteiger partial charge in [0.25, 0.3) is 15.6 Å². The average Bonchev–Trinajstić information content (AvgIpc) is 2.78. The van der Waals surface area contributed by atoms with Crippen LogP contribution < -0.4 is 20.9 Å². The van der Waals surface area contributed by atoms with Gasteiger partial charge in [0.1, 0.15) is 0 Å². The van der Waals surface area contributed by atoms with E-state index < -0.39 is 15.6 Å². The van der Waals surface area contributed by atoms with E-state index in [0.29, 0.717) is 11.4 Å². The number of fused-ring (bicyclic) bond motifs is 1. The monoisotopic (exact) mass is 467 g/mol. The molecule has 0 bridgehead atoms. The van der Waals surface area contributed by atoms with Crippen molar-refractivity contribution in [3.8, 4) is 0 Å². The summed E-state index contributed by atoms with van der Waals surface area (Å²) in [5, 5.41) is 5.47. The highest BCUT2D eigenvalue weighted by molar-refractivity contribution is 7.92. The van der Waals surface area contributed by atoms with Crippen molar-refractivity contribution >= 4 is 44.7 Å². The molecule has 33 heavy (non-hydrogen) atoms. The molecule has 13 nitrogen and oxygen atoms in total. The Kier molecular flexibility index (Phi) is 5.91. The van der Waals surface area contributed by atoms with Crippen molar-refractivity contribution in [2.75, 3.05) is 15.4 Å². The van der Waals surface area contributed by atoms with Crippen LogP contribution in [0.4, 0.5) is 17.6 Å². The molecule has 3 heterocycles. The summed E-state index contributed by atoms with van der Waals surface area (Å²) in [7, 11) is -3.83. The lowest BCUT2D eigenvalue weighted by Crippen LogP contribution is -2.18. The third-order valence-electron chi connectivity index (χ3n) is 4.19. The molecular formula is C19H17N9O4S. The van der Waals surface area contributed by atoms with Gasteiger partial charge in [0.2, 0.25) is 17.8 Å². The second-order valence-corrected chi connectivity index (χ2v) is 8.37. The Morgan fingerprint density at radius 2 is 1.79 bits per heavy atom. The lowest BCUT2D eigenvalue weighted by Gasteiger charge is -2.09. The van der Waals surface area contributed by atoms with E-state index in [1.165, 1.54) is 37.6 Å². The van der Waals surface area contributed by atoms with Crippen LogP contribution in [0.5, 0.6) is 0 Å². The predicted molar refractivity (Wildman–Crippen MR) is 119 cm³/mol. The fourth-order valence-electron chi connectivity index (χ4n) is 2.74. The first-order chi connectivity index (χ1) is 15.8. The first-order valence-electron chi connectivity index (χ1n) is 9.47. The maximum Gasteiger partial charge on any atom is 0.280 e. The summed E-state index contributed by atoms with van der Waals surface area (Å²) >= 11 is 0. The van der Waals surface area contributed by atoms with Gasteiger partial charge < -0.3 is 5.32 Å². The Hall–Kier alpha value is -4.46. The molecule has 0 saturated carbocycles. The maximum atomic E-state index is 12.4. The molecule has 0 spiro atoms. The molecule has 0 saturated heterocycles. The van der Waals surface area contributed by atoms with Crippen LogP contribution in [0.3, 0.4) is 0 Å².